The van der Waals surface area contributed by atoms with Crippen LogP contribution in [0.5, 0.6) is 0 Å². The van der Waals surface area contributed by atoms with Gasteiger partial charge in [0.1, 0.15) is 4.90 Å². The van der Waals surface area contributed by atoms with Crippen molar-refractivity contribution in [3.05, 3.63) is 27.2 Å². The summed E-state index contributed by atoms with van der Waals surface area (Å²) in [5, 5.41) is 9.89. The zero-order valence-corrected chi connectivity index (χ0v) is 14.3. The summed E-state index contributed by atoms with van der Waals surface area (Å²) in [4.78, 5) is 0.0396. The van der Waals surface area contributed by atoms with E-state index in [1.165, 1.54) is 0 Å². The lowest BCUT2D eigenvalue weighted by molar-refractivity contribution is 0.213. The quantitative estimate of drug-likeness (QED) is 0.875. The smallest absolute Gasteiger partial charge is 0.242 e. The van der Waals surface area contributed by atoms with E-state index in [9.17, 15) is 13.5 Å². The van der Waals surface area contributed by atoms with Crippen molar-refractivity contribution in [3.63, 3.8) is 0 Å². The Bertz CT molecular complexity index is 620. The van der Waals surface area contributed by atoms with Gasteiger partial charge in [0.05, 0.1) is 5.02 Å². The fourth-order valence-electron chi connectivity index (χ4n) is 2.80. The lowest BCUT2D eigenvalue weighted by Gasteiger charge is -2.21. The molecule has 1 saturated carbocycles. The van der Waals surface area contributed by atoms with Gasteiger partial charge in [0.15, 0.2) is 0 Å². The number of benzene rings is 1. The third kappa shape index (κ3) is 3.37. The Morgan fingerprint density at radius 1 is 1.33 bits per heavy atom. The molecule has 0 bridgehead atoms. The second-order valence-corrected chi connectivity index (χ2v) is 7.98. The first-order valence-corrected chi connectivity index (χ1v) is 9.10. The van der Waals surface area contributed by atoms with Crippen LogP contribution in [0.15, 0.2) is 11.0 Å². The zero-order valence-electron chi connectivity index (χ0n) is 12.0. The number of rotatable bonds is 4. The van der Waals surface area contributed by atoms with Crippen molar-refractivity contribution in [3.8, 4) is 0 Å². The molecule has 2 N–H and O–H groups in total. The molecule has 1 aliphatic rings. The minimum atomic E-state index is -3.77. The normalized spacial score (nSPS) is 22.7. The number of nitrogens with one attached hydrogen (secondary N) is 1. The summed E-state index contributed by atoms with van der Waals surface area (Å²) in [6, 6.07) is 1.40. The molecule has 7 heteroatoms. The molecular formula is C14H19Cl2NO3S. The van der Waals surface area contributed by atoms with Crippen molar-refractivity contribution >= 4 is 33.2 Å². The molecule has 2 rings (SSSR count). The summed E-state index contributed by atoms with van der Waals surface area (Å²) in [5.41, 5.74) is 1.07. The van der Waals surface area contributed by atoms with Crippen LogP contribution < -0.4 is 4.72 Å². The average molecular weight is 352 g/mol. The van der Waals surface area contributed by atoms with Crippen LogP contribution in [0.2, 0.25) is 10.0 Å². The monoisotopic (exact) mass is 351 g/mol. The summed E-state index contributed by atoms with van der Waals surface area (Å²) in [6.07, 6.45) is 2.45. The zero-order chi connectivity index (χ0) is 15.8. The summed E-state index contributed by atoms with van der Waals surface area (Å²) < 4.78 is 28.0. The molecule has 0 amide bonds. The molecule has 0 aromatic heterocycles. The molecular weight excluding hydrogens is 333 g/mol. The van der Waals surface area contributed by atoms with Gasteiger partial charge in [-0.3, -0.25) is 0 Å². The Morgan fingerprint density at radius 2 is 2.00 bits per heavy atom. The molecule has 21 heavy (non-hydrogen) atoms. The van der Waals surface area contributed by atoms with Crippen LogP contribution in [0.3, 0.4) is 0 Å². The first-order valence-electron chi connectivity index (χ1n) is 6.86. The second-order valence-electron chi connectivity index (χ2n) is 5.54. The molecule has 0 spiro atoms. The van der Waals surface area contributed by atoms with E-state index in [2.05, 4.69) is 4.72 Å². The Labute approximate surface area is 135 Å². The van der Waals surface area contributed by atoms with Crippen LogP contribution in [0.25, 0.3) is 0 Å². The van der Waals surface area contributed by atoms with Crippen LogP contribution in [0, 0.1) is 19.8 Å². The van der Waals surface area contributed by atoms with E-state index >= 15 is 0 Å². The molecule has 1 fully saturated rings. The SMILES string of the molecule is Cc1cc(Cl)c(C)c(S(=O)(=O)NC2CCCC2CO)c1Cl. The third-order valence-electron chi connectivity index (χ3n) is 4.06. The van der Waals surface area contributed by atoms with Crippen molar-refractivity contribution in [2.75, 3.05) is 6.61 Å². The predicted molar refractivity (Wildman–Crippen MR) is 84.5 cm³/mol. The highest BCUT2D eigenvalue weighted by atomic mass is 35.5. The highest BCUT2D eigenvalue weighted by Crippen LogP contribution is 2.34. The number of halogens is 2. The lowest BCUT2D eigenvalue weighted by atomic mass is 10.1. The van der Waals surface area contributed by atoms with Crippen LogP contribution in [0.1, 0.15) is 30.4 Å². The largest absolute Gasteiger partial charge is 0.396 e. The van der Waals surface area contributed by atoms with Gasteiger partial charge in [-0.2, -0.15) is 0 Å². The Kier molecular flexibility index (Phi) is 5.21. The first-order chi connectivity index (χ1) is 9.77. The van der Waals surface area contributed by atoms with Crippen LogP contribution in [-0.4, -0.2) is 26.2 Å². The number of aliphatic hydroxyl groups is 1. The molecule has 0 radical (unpaired) electrons. The lowest BCUT2D eigenvalue weighted by Crippen LogP contribution is -2.39. The number of aliphatic hydroxyl groups excluding tert-OH is 1. The maximum absolute atomic E-state index is 12.7. The van der Waals surface area contributed by atoms with E-state index in [1.807, 2.05) is 0 Å². The highest BCUT2D eigenvalue weighted by Gasteiger charge is 2.33. The van der Waals surface area contributed by atoms with Gasteiger partial charge < -0.3 is 5.11 Å². The van der Waals surface area contributed by atoms with Gasteiger partial charge >= 0.3 is 0 Å². The molecule has 1 aromatic carbocycles. The maximum atomic E-state index is 12.7. The minimum absolute atomic E-state index is 0.0194. The van der Waals surface area contributed by atoms with E-state index in [0.29, 0.717) is 16.1 Å². The number of aryl methyl sites for hydroxylation is 1. The van der Waals surface area contributed by atoms with Gasteiger partial charge in [-0.25, -0.2) is 13.1 Å². The van der Waals surface area contributed by atoms with Crippen LogP contribution in [-0.2, 0) is 10.0 Å². The van der Waals surface area contributed by atoms with Crippen molar-refractivity contribution in [1.82, 2.24) is 4.72 Å². The minimum Gasteiger partial charge on any atom is -0.396 e. The van der Waals surface area contributed by atoms with Gasteiger partial charge in [-0.1, -0.05) is 29.6 Å². The Morgan fingerprint density at radius 3 is 2.62 bits per heavy atom. The number of sulfonamides is 1. The maximum Gasteiger partial charge on any atom is 0.242 e. The predicted octanol–water partition coefficient (Wildman–Crippen LogP) is 3.05. The van der Waals surface area contributed by atoms with E-state index in [1.54, 1.807) is 19.9 Å². The van der Waals surface area contributed by atoms with E-state index in [-0.39, 0.29) is 28.5 Å². The van der Waals surface area contributed by atoms with Crippen molar-refractivity contribution in [2.24, 2.45) is 5.92 Å². The topological polar surface area (TPSA) is 66.4 Å². The number of hydrogen-bond donors (Lipinski definition) is 2. The summed E-state index contributed by atoms with van der Waals surface area (Å²) >= 11 is 12.3. The van der Waals surface area contributed by atoms with Crippen LogP contribution in [0.4, 0.5) is 0 Å². The van der Waals surface area contributed by atoms with Crippen LogP contribution >= 0.6 is 23.2 Å². The molecule has 0 saturated heterocycles. The fourth-order valence-corrected chi connectivity index (χ4v) is 5.35. The summed E-state index contributed by atoms with van der Waals surface area (Å²) in [6.45, 7) is 3.34. The van der Waals surface area contributed by atoms with Gasteiger partial charge in [-0.05, 0) is 49.8 Å². The van der Waals surface area contributed by atoms with E-state index in [0.717, 1.165) is 19.3 Å². The Balaban J connectivity index is 2.41. The standard InChI is InChI=1S/C14H19Cl2NO3S/c1-8-6-11(15)9(2)14(13(8)16)21(19,20)17-12-5-3-4-10(12)7-18/h6,10,12,17-18H,3-5,7H2,1-2H3. The number of hydrogen-bond acceptors (Lipinski definition) is 3. The molecule has 1 aliphatic carbocycles. The molecule has 0 heterocycles. The highest BCUT2D eigenvalue weighted by molar-refractivity contribution is 7.89. The van der Waals surface area contributed by atoms with E-state index < -0.39 is 10.0 Å². The fraction of sp³-hybridized carbons (Fsp3) is 0.571. The van der Waals surface area contributed by atoms with Gasteiger partial charge in [0.2, 0.25) is 10.0 Å². The van der Waals surface area contributed by atoms with Crippen molar-refractivity contribution in [1.29, 1.82) is 0 Å². The van der Waals surface area contributed by atoms with E-state index in [4.69, 9.17) is 23.2 Å². The molecule has 2 unspecified atom stereocenters. The third-order valence-corrected chi connectivity index (χ3v) is 6.71. The second kappa shape index (κ2) is 6.42. The van der Waals surface area contributed by atoms with Gasteiger partial charge in [0.25, 0.3) is 0 Å². The molecule has 2 atom stereocenters. The van der Waals surface area contributed by atoms with Crippen molar-refractivity contribution < 1.29 is 13.5 Å². The molecule has 118 valence electrons. The summed E-state index contributed by atoms with van der Waals surface area (Å²) in [5.74, 6) is -0.0425. The van der Waals surface area contributed by atoms with Gasteiger partial charge in [-0.15, -0.1) is 0 Å². The molecule has 0 aliphatic heterocycles. The Hall–Kier alpha value is -0.330. The summed E-state index contributed by atoms with van der Waals surface area (Å²) in [7, 11) is -3.77. The average Bonchev–Trinajstić information content (AvgIpc) is 2.82. The van der Waals surface area contributed by atoms with Gasteiger partial charge in [0, 0.05) is 17.7 Å². The molecule has 4 nitrogen and oxygen atoms in total. The first kappa shape index (κ1) is 17.0. The molecule has 1 aromatic rings. The van der Waals surface area contributed by atoms with Crippen molar-refractivity contribution in [2.45, 2.75) is 44.0 Å².